The summed E-state index contributed by atoms with van der Waals surface area (Å²) < 4.78 is 0. The van der Waals surface area contributed by atoms with Gasteiger partial charge in [-0.05, 0) is 43.2 Å². The summed E-state index contributed by atoms with van der Waals surface area (Å²) in [6, 6.07) is 23.8. The zero-order valence-corrected chi connectivity index (χ0v) is 17.2. The lowest BCUT2D eigenvalue weighted by Gasteiger charge is -2.10. The van der Waals surface area contributed by atoms with E-state index in [0.29, 0.717) is 5.82 Å². The highest BCUT2D eigenvalue weighted by Gasteiger charge is 2.12. The molecule has 0 unspecified atom stereocenters. The molecule has 0 aliphatic heterocycles. The largest absolute Gasteiger partial charge is 0.325 e. The highest BCUT2D eigenvalue weighted by Crippen LogP contribution is 2.28. The maximum Gasteiger partial charge on any atom is 0.234 e. The third kappa shape index (κ3) is 4.63. The van der Waals surface area contributed by atoms with Crippen molar-refractivity contribution in [3.05, 3.63) is 83.9 Å². The number of nitrogens with zero attached hydrogens (tertiary/aromatic N) is 2. The van der Waals surface area contributed by atoms with Gasteiger partial charge in [-0.25, -0.2) is 9.97 Å². The first-order valence-electron chi connectivity index (χ1n) is 9.41. The Morgan fingerprint density at radius 1 is 0.897 bits per heavy atom. The van der Waals surface area contributed by atoms with Gasteiger partial charge in [0.1, 0.15) is 5.03 Å². The van der Waals surface area contributed by atoms with Gasteiger partial charge in [-0.15, -0.1) is 0 Å². The Morgan fingerprint density at radius 2 is 1.59 bits per heavy atom. The normalized spacial score (nSPS) is 10.8. The number of hydrogen-bond donors (Lipinski definition) is 1. The number of aryl methyl sites for hydroxylation is 2. The number of amides is 1. The van der Waals surface area contributed by atoms with E-state index < -0.39 is 0 Å². The number of nitrogens with one attached hydrogen (secondary N) is 1. The molecule has 1 aromatic heterocycles. The van der Waals surface area contributed by atoms with Crippen molar-refractivity contribution in [2.75, 3.05) is 11.1 Å². The summed E-state index contributed by atoms with van der Waals surface area (Å²) in [5.74, 6) is 0.896. The molecule has 0 spiro atoms. The average Bonchev–Trinajstić information content (AvgIpc) is 2.71. The van der Waals surface area contributed by atoms with Crippen LogP contribution in [0.4, 0.5) is 5.69 Å². The minimum atomic E-state index is -0.0519. The predicted molar refractivity (Wildman–Crippen MR) is 120 cm³/mol. The first kappa shape index (κ1) is 19.2. The van der Waals surface area contributed by atoms with Crippen molar-refractivity contribution in [3.63, 3.8) is 0 Å². The van der Waals surface area contributed by atoms with Gasteiger partial charge >= 0.3 is 0 Å². The molecule has 0 aliphatic carbocycles. The number of para-hydroxylation sites is 1. The number of carbonyl (C=O) groups is 1. The fourth-order valence-electron chi connectivity index (χ4n) is 3.25. The number of fused-ring (bicyclic) bond motifs is 1. The van der Waals surface area contributed by atoms with Gasteiger partial charge in [0.05, 0.1) is 11.3 Å². The standard InChI is InChI=1S/C24H21N3OS/c1-16-12-17(2)14-19(13-16)25-22(28)15-29-24-20-10-6-7-11-21(20)26-23(27-24)18-8-4-3-5-9-18/h3-14H,15H2,1-2H3,(H,25,28). The Kier molecular flexibility index (Phi) is 5.58. The van der Waals surface area contributed by atoms with Crippen molar-refractivity contribution in [3.8, 4) is 11.4 Å². The van der Waals surface area contributed by atoms with Crippen molar-refractivity contribution in [1.29, 1.82) is 0 Å². The van der Waals surface area contributed by atoms with Gasteiger partial charge in [0.2, 0.25) is 5.91 Å². The Hall–Kier alpha value is -3.18. The molecule has 29 heavy (non-hydrogen) atoms. The number of carbonyl (C=O) groups excluding carboxylic acids is 1. The van der Waals surface area contributed by atoms with E-state index in [4.69, 9.17) is 9.97 Å². The number of hydrogen-bond acceptors (Lipinski definition) is 4. The van der Waals surface area contributed by atoms with Crippen LogP contribution < -0.4 is 5.32 Å². The van der Waals surface area contributed by atoms with Gasteiger partial charge in [0.15, 0.2) is 5.82 Å². The van der Waals surface area contributed by atoms with Crippen LogP contribution >= 0.6 is 11.8 Å². The monoisotopic (exact) mass is 399 g/mol. The van der Waals surface area contributed by atoms with Gasteiger partial charge in [0.25, 0.3) is 0 Å². The molecule has 0 aliphatic rings. The SMILES string of the molecule is Cc1cc(C)cc(NC(=O)CSc2nc(-c3ccccc3)nc3ccccc23)c1. The lowest BCUT2D eigenvalue weighted by atomic mass is 10.1. The van der Waals surface area contributed by atoms with Crippen LogP contribution in [0.5, 0.6) is 0 Å². The molecule has 0 saturated heterocycles. The molecule has 1 heterocycles. The van der Waals surface area contributed by atoms with Crippen LogP contribution in [-0.2, 0) is 4.79 Å². The molecule has 1 amide bonds. The van der Waals surface area contributed by atoms with Crippen molar-refractivity contribution >= 4 is 34.3 Å². The van der Waals surface area contributed by atoms with Crippen molar-refractivity contribution < 1.29 is 4.79 Å². The molecule has 0 saturated carbocycles. The number of anilines is 1. The molecule has 4 nitrogen and oxygen atoms in total. The van der Waals surface area contributed by atoms with Crippen LogP contribution in [0, 0.1) is 13.8 Å². The van der Waals surface area contributed by atoms with E-state index in [2.05, 4.69) is 11.4 Å². The van der Waals surface area contributed by atoms with E-state index in [-0.39, 0.29) is 11.7 Å². The number of rotatable bonds is 5. The zero-order chi connectivity index (χ0) is 20.2. The van der Waals surface area contributed by atoms with Crippen LogP contribution in [0.3, 0.4) is 0 Å². The Balaban J connectivity index is 1.57. The van der Waals surface area contributed by atoms with E-state index in [0.717, 1.165) is 38.3 Å². The molecule has 4 aromatic rings. The van der Waals surface area contributed by atoms with Crippen LogP contribution in [0.25, 0.3) is 22.3 Å². The Bertz CT molecular complexity index is 1160. The molecule has 3 aromatic carbocycles. The Morgan fingerprint density at radius 3 is 2.34 bits per heavy atom. The predicted octanol–water partition coefficient (Wildman–Crippen LogP) is 5.64. The van der Waals surface area contributed by atoms with Gasteiger partial charge in [-0.1, -0.05) is 66.4 Å². The molecule has 0 bridgehead atoms. The number of aromatic nitrogens is 2. The van der Waals surface area contributed by atoms with Crippen LogP contribution in [-0.4, -0.2) is 21.6 Å². The smallest absolute Gasteiger partial charge is 0.234 e. The van der Waals surface area contributed by atoms with Crippen molar-refractivity contribution in [1.82, 2.24) is 9.97 Å². The molecule has 1 N–H and O–H groups in total. The first-order valence-corrected chi connectivity index (χ1v) is 10.4. The molecule has 0 atom stereocenters. The lowest BCUT2D eigenvalue weighted by molar-refractivity contribution is -0.113. The molecule has 4 rings (SSSR count). The van der Waals surface area contributed by atoms with Crippen molar-refractivity contribution in [2.45, 2.75) is 18.9 Å². The molecule has 0 fully saturated rings. The fourth-order valence-corrected chi connectivity index (χ4v) is 4.07. The van der Waals surface area contributed by atoms with Crippen molar-refractivity contribution in [2.24, 2.45) is 0 Å². The van der Waals surface area contributed by atoms with E-state index >= 15 is 0 Å². The highest BCUT2D eigenvalue weighted by molar-refractivity contribution is 8.00. The third-order valence-electron chi connectivity index (χ3n) is 4.45. The molecule has 144 valence electrons. The molecular formula is C24H21N3OS. The second-order valence-corrected chi connectivity index (χ2v) is 7.91. The average molecular weight is 400 g/mol. The second kappa shape index (κ2) is 8.45. The summed E-state index contributed by atoms with van der Waals surface area (Å²) in [7, 11) is 0. The molecular weight excluding hydrogens is 378 g/mol. The summed E-state index contributed by atoms with van der Waals surface area (Å²) >= 11 is 1.43. The summed E-state index contributed by atoms with van der Waals surface area (Å²) in [6.45, 7) is 4.05. The van der Waals surface area contributed by atoms with Crippen LogP contribution in [0.2, 0.25) is 0 Å². The minimum Gasteiger partial charge on any atom is -0.325 e. The second-order valence-electron chi connectivity index (χ2n) is 6.95. The summed E-state index contributed by atoms with van der Waals surface area (Å²) in [5.41, 5.74) is 4.91. The van der Waals surface area contributed by atoms with Crippen LogP contribution in [0.15, 0.2) is 77.8 Å². The summed E-state index contributed by atoms with van der Waals surface area (Å²) in [6.07, 6.45) is 0. The lowest BCUT2D eigenvalue weighted by Crippen LogP contribution is -2.14. The van der Waals surface area contributed by atoms with E-state index in [1.165, 1.54) is 11.8 Å². The summed E-state index contributed by atoms with van der Waals surface area (Å²) in [5, 5.41) is 4.75. The zero-order valence-electron chi connectivity index (χ0n) is 16.3. The number of thioether (sulfide) groups is 1. The number of benzene rings is 3. The maximum absolute atomic E-state index is 12.5. The minimum absolute atomic E-state index is 0.0519. The van der Waals surface area contributed by atoms with Gasteiger partial charge in [-0.3, -0.25) is 4.79 Å². The van der Waals surface area contributed by atoms with Gasteiger partial charge < -0.3 is 5.32 Å². The first-order chi connectivity index (χ1) is 14.1. The maximum atomic E-state index is 12.5. The van der Waals surface area contributed by atoms with Gasteiger partial charge in [0, 0.05) is 16.6 Å². The Labute approximate surface area is 174 Å². The fraction of sp³-hybridized carbons (Fsp3) is 0.125. The third-order valence-corrected chi connectivity index (χ3v) is 5.44. The van der Waals surface area contributed by atoms with E-state index in [9.17, 15) is 4.79 Å². The topological polar surface area (TPSA) is 54.9 Å². The summed E-state index contributed by atoms with van der Waals surface area (Å²) in [4.78, 5) is 22.0. The quantitative estimate of drug-likeness (QED) is 0.348. The highest BCUT2D eigenvalue weighted by atomic mass is 32.2. The van der Waals surface area contributed by atoms with Gasteiger partial charge in [-0.2, -0.15) is 0 Å². The van der Waals surface area contributed by atoms with E-state index in [1.54, 1.807) is 0 Å². The molecule has 5 heteroatoms. The molecule has 0 radical (unpaired) electrons. The van der Waals surface area contributed by atoms with Crippen LogP contribution in [0.1, 0.15) is 11.1 Å². The van der Waals surface area contributed by atoms with E-state index in [1.807, 2.05) is 80.6 Å².